The van der Waals surface area contributed by atoms with Crippen molar-refractivity contribution in [3.8, 4) is 11.5 Å². The Balaban J connectivity index is 1.96. The lowest BCUT2D eigenvalue weighted by atomic mass is 10.0. The molecule has 2 aromatic rings. The molecule has 5 heteroatoms. The van der Waals surface area contributed by atoms with Crippen molar-refractivity contribution < 1.29 is 14.3 Å². The highest BCUT2D eigenvalue weighted by Crippen LogP contribution is 2.31. The third kappa shape index (κ3) is 3.61. The minimum atomic E-state index is -0.0299. The Morgan fingerprint density at radius 2 is 1.80 bits per heavy atom. The third-order valence-electron chi connectivity index (χ3n) is 4.67. The number of carbonyl (C=O) groups is 1. The summed E-state index contributed by atoms with van der Waals surface area (Å²) in [6.45, 7) is 2.33. The molecular formula is C20H24N2O3. The summed E-state index contributed by atoms with van der Waals surface area (Å²) >= 11 is 0. The fraction of sp³-hybridized carbons (Fsp3) is 0.350. The SMILES string of the molecule is COc1ccc(OC)c(C(=O)N2CCN(C)C[C@@H]2c2ccccc2)c1. The quantitative estimate of drug-likeness (QED) is 0.858. The first-order valence-corrected chi connectivity index (χ1v) is 8.40. The first-order chi connectivity index (χ1) is 12.1. The summed E-state index contributed by atoms with van der Waals surface area (Å²) < 4.78 is 10.7. The third-order valence-corrected chi connectivity index (χ3v) is 4.67. The lowest BCUT2D eigenvalue weighted by Gasteiger charge is -2.40. The van der Waals surface area contributed by atoms with Crippen LogP contribution < -0.4 is 9.47 Å². The van der Waals surface area contributed by atoms with Gasteiger partial charge in [0.05, 0.1) is 25.8 Å². The Hall–Kier alpha value is -2.53. The second-order valence-electron chi connectivity index (χ2n) is 6.25. The number of hydrogen-bond acceptors (Lipinski definition) is 4. The minimum Gasteiger partial charge on any atom is -0.497 e. The lowest BCUT2D eigenvalue weighted by molar-refractivity contribution is 0.0494. The molecule has 2 aromatic carbocycles. The molecule has 0 radical (unpaired) electrons. The van der Waals surface area contributed by atoms with Crippen LogP contribution in [0.25, 0.3) is 0 Å². The molecule has 0 unspecified atom stereocenters. The summed E-state index contributed by atoms with van der Waals surface area (Å²) in [5, 5.41) is 0. The van der Waals surface area contributed by atoms with E-state index in [0.29, 0.717) is 23.6 Å². The van der Waals surface area contributed by atoms with Gasteiger partial charge in [0.1, 0.15) is 11.5 Å². The van der Waals surface area contributed by atoms with E-state index < -0.39 is 0 Å². The molecule has 1 saturated heterocycles. The molecule has 0 bridgehead atoms. The number of rotatable bonds is 4. The molecule has 0 spiro atoms. The molecule has 1 amide bonds. The van der Waals surface area contributed by atoms with Crippen LogP contribution in [-0.4, -0.2) is 56.6 Å². The molecule has 1 heterocycles. The highest BCUT2D eigenvalue weighted by atomic mass is 16.5. The summed E-state index contributed by atoms with van der Waals surface area (Å²) in [6.07, 6.45) is 0. The molecule has 0 N–H and O–H groups in total. The van der Waals surface area contributed by atoms with Gasteiger partial charge >= 0.3 is 0 Å². The fourth-order valence-electron chi connectivity index (χ4n) is 3.26. The largest absolute Gasteiger partial charge is 0.497 e. The van der Waals surface area contributed by atoms with Gasteiger partial charge in [-0.3, -0.25) is 4.79 Å². The minimum absolute atomic E-state index is 0.0170. The molecule has 5 nitrogen and oxygen atoms in total. The molecule has 0 aliphatic carbocycles. The van der Waals surface area contributed by atoms with E-state index in [2.05, 4.69) is 24.1 Å². The Morgan fingerprint density at radius 1 is 1.04 bits per heavy atom. The van der Waals surface area contributed by atoms with E-state index in [1.807, 2.05) is 23.1 Å². The highest BCUT2D eigenvalue weighted by Gasteiger charge is 2.32. The zero-order valence-electron chi connectivity index (χ0n) is 14.9. The topological polar surface area (TPSA) is 42.0 Å². The number of piperazine rings is 1. The van der Waals surface area contributed by atoms with Gasteiger partial charge in [-0.25, -0.2) is 0 Å². The van der Waals surface area contributed by atoms with E-state index in [0.717, 1.165) is 18.7 Å². The maximum atomic E-state index is 13.3. The van der Waals surface area contributed by atoms with E-state index in [1.165, 1.54) is 0 Å². The summed E-state index contributed by atoms with van der Waals surface area (Å²) in [5.41, 5.74) is 1.68. The summed E-state index contributed by atoms with van der Waals surface area (Å²) in [4.78, 5) is 17.5. The Bertz CT molecular complexity index is 733. The molecular weight excluding hydrogens is 316 g/mol. The van der Waals surface area contributed by atoms with Crippen molar-refractivity contribution in [2.24, 2.45) is 0 Å². The monoisotopic (exact) mass is 340 g/mol. The number of methoxy groups -OCH3 is 2. The number of benzene rings is 2. The van der Waals surface area contributed by atoms with Crippen LogP contribution in [0.5, 0.6) is 11.5 Å². The fourth-order valence-corrected chi connectivity index (χ4v) is 3.26. The van der Waals surface area contributed by atoms with Crippen molar-refractivity contribution >= 4 is 5.91 Å². The molecule has 1 aliphatic rings. The van der Waals surface area contributed by atoms with Crippen molar-refractivity contribution in [1.82, 2.24) is 9.80 Å². The van der Waals surface area contributed by atoms with Gasteiger partial charge in [-0.2, -0.15) is 0 Å². The Kier molecular flexibility index (Phi) is 5.24. The molecule has 1 atom stereocenters. The van der Waals surface area contributed by atoms with Crippen LogP contribution >= 0.6 is 0 Å². The van der Waals surface area contributed by atoms with E-state index >= 15 is 0 Å². The van der Waals surface area contributed by atoms with Crippen molar-refractivity contribution in [2.45, 2.75) is 6.04 Å². The molecule has 1 aliphatic heterocycles. The van der Waals surface area contributed by atoms with Crippen LogP contribution in [0.2, 0.25) is 0 Å². The smallest absolute Gasteiger partial charge is 0.258 e. The number of likely N-dealkylation sites (N-methyl/N-ethyl adjacent to an activating group) is 1. The average molecular weight is 340 g/mol. The zero-order valence-corrected chi connectivity index (χ0v) is 14.9. The maximum Gasteiger partial charge on any atom is 0.258 e. The van der Waals surface area contributed by atoms with Crippen molar-refractivity contribution in [1.29, 1.82) is 0 Å². The second kappa shape index (κ2) is 7.57. The van der Waals surface area contributed by atoms with Gasteiger partial charge in [-0.05, 0) is 30.8 Å². The Morgan fingerprint density at radius 3 is 2.48 bits per heavy atom. The molecule has 132 valence electrons. The van der Waals surface area contributed by atoms with Gasteiger partial charge in [-0.1, -0.05) is 30.3 Å². The van der Waals surface area contributed by atoms with E-state index in [9.17, 15) is 4.79 Å². The predicted molar refractivity (Wildman–Crippen MR) is 97.3 cm³/mol. The molecule has 0 aromatic heterocycles. The maximum absolute atomic E-state index is 13.3. The van der Waals surface area contributed by atoms with E-state index in [4.69, 9.17) is 9.47 Å². The number of hydrogen-bond donors (Lipinski definition) is 0. The van der Waals surface area contributed by atoms with Gasteiger partial charge in [0.25, 0.3) is 5.91 Å². The molecule has 3 rings (SSSR count). The van der Waals surface area contributed by atoms with Crippen molar-refractivity contribution in [3.05, 3.63) is 59.7 Å². The second-order valence-corrected chi connectivity index (χ2v) is 6.25. The molecule has 1 fully saturated rings. The normalized spacial score (nSPS) is 18.0. The predicted octanol–water partition coefficient (Wildman–Crippen LogP) is 2.83. The van der Waals surface area contributed by atoms with Crippen LogP contribution in [0, 0.1) is 0 Å². The highest BCUT2D eigenvalue weighted by molar-refractivity contribution is 5.97. The summed E-state index contributed by atoms with van der Waals surface area (Å²) in [5.74, 6) is 1.18. The number of ether oxygens (including phenoxy) is 2. The van der Waals surface area contributed by atoms with Crippen LogP contribution in [0.1, 0.15) is 22.0 Å². The van der Waals surface area contributed by atoms with Gasteiger partial charge in [0.2, 0.25) is 0 Å². The van der Waals surface area contributed by atoms with Crippen LogP contribution in [0.4, 0.5) is 0 Å². The van der Waals surface area contributed by atoms with Gasteiger partial charge < -0.3 is 19.3 Å². The Labute approximate surface area is 148 Å². The number of nitrogens with zero attached hydrogens (tertiary/aromatic N) is 2. The van der Waals surface area contributed by atoms with Gasteiger partial charge in [-0.15, -0.1) is 0 Å². The molecule has 25 heavy (non-hydrogen) atoms. The van der Waals surface area contributed by atoms with E-state index in [-0.39, 0.29) is 11.9 Å². The van der Waals surface area contributed by atoms with Crippen molar-refractivity contribution in [2.75, 3.05) is 40.9 Å². The summed E-state index contributed by atoms with van der Waals surface area (Å²) in [7, 11) is 5.26. The van der Waals surface area contributed by atoms with Crippen LogP contribution in [-0.2, 0) is 0 Å². The number of amides is 1. The van der Waals surface area contributed by atoms with Crippen LogP contribution in [0.15, 0.2) is 48.5 Å². The first-order valence-electron chi connectivity index (χ1n) is 8.40. The van der Waals surface area contributed by atoms with Crippen molar-refractivity contribution in [3.63, 3.8) is 0 Å². The summed E-state index contributed by atoms with van der Waals surface area (Å²) in [6, 6.07) is 15.5. The lowest BCUT2D eigenvalue weighted by Crippen LogP contribution is -2.49. The standard InChI is InChI=1S/C20H24N2O3/c1-21-11-12-22(18(14-21)15-7-5-4-6-8-15)20(23)17-13-16(24-2)9-10-19(17)25-3/h4-10,13,18H,11-12,14H2,1-3H3/t18-/m1/s1. The van der Waals surface area contributed by atoms with E-state index in [1.54, 1.807) is 32.4 Å². The average Bonchev–Trinajstić information content (AvgIpc) is 2.67. The molecule has 0 saturated carbocycles. The first kappa shape index (κ1) is 17.3. The van der Waals surface area contributed by atoms with Gasteiger partial charge in [0.15, 0.2) is 0 Å². The zero-order chi connectivity index (χ0) is 17.8. The number of carbonyl (C=O) groups excluding carboxylic acids is 1. The van der Waals surface area contributed by atoms with Gasteiger partial charge in [0, 0.05) is 19.6 Å². The van der Waals surface area contributed by atoms with Crippen LogP contribution in [0.3, 0.4) is 0 Å².